The molecule has 1 heterocycles. The summed E-state index contributed by atoms with van der Waals surface area (Å²) in [5, 5.41) is 4.87. The third-order valence-corrected chi connectivity index (χ3v) is 4.16. The van der Waals surface area contributed by atoms with Crippen LogP contribution in [0, 0.1) is 0 Å². The van der Waals surface area contributed by atoms with E-state index in [2.05, 4.69) is 29.6 Å². The van der Waals surface area contributed by atoms with Crippen molar-refractivity contribution in [1.29, 1.82) is 0 Å². The number of nitrogens with one attached hydrogen (secondary N) is 1. The summed E-state index contributed by atoms with van der Waals surface area (Å²) in [5.74, 6) is 0. The minimum atomic E-state index is 0.509. The van der Waals surface area contributed by atoms with E-state index in [1.807, 2.05) is 12.1 Å². The first-order valence-electron chi connectivity index (χ1n) is 6.53. The summed E-state index contributed by atoms with van der Waals surface area (Å²) < 4.78 is 0. The molecule has 0 aliphatic carbocycles. The Labute approximate surface area is 123 Å². The highest BCUT2D eigenvalue weighted by molar-refractivity contribution is 6.36. The van der Waals surface area contributed by atoms with Crippen molar-refractivity contribution in [3.63, 3.8) is 0 Å². The summed E-state index contributed by atoms with van der Waals surface area (Å²) in [6.07, 6.45) is 2.48. The number of hydrogen-bond acceptors (Lipinski definition) is 1. The Kier molecular flexibility index (Phi) is 3.79. The number of halogens is 2. The molecular formula is C16H15Cl2N. The van der Waals surface area contributed by atoms with Gasteiger partial charge in [0.25, 0.3) is 0 Å². The van der Waals surface area contributed by atoms with Gasteiger partial charge in [0.2, 0.25) is 0 Å². The van der Waals surface area contributed by atoms with E-state index in [1.165, 1.54) is 18.4 Å². The van der Waals surface area contributed by atoms with Gasteiger partial charge in [0.15, 0.2) is 0 Å². The maximum absolute atomic E-state index is 6.23. The predicted molar refractivity (Wildman–Crippen MR) is 81.9 cm³/mol. The summed E-state index contributed by atoms with van der Waals surface area (Å²) in [7, 11) is 0. The van der Waals surface area contributed by atoms with E-state index in [-0.39, 0.29) is 0 Å². The smallest absolute Gasteiger partial charge is 0.0499 e. The van der Waals surface area contributed by atoms with Crippen LogP contribution < -0.4 is 5.32 Å². The monoisotopic (exact) mass is 291 g/mol. The molecule has 1 nitrogen and oxygen atoms in total. The van der Waals surface area contributed by atoms with Gasteiger partial charge in [0.05, 0.1) is 0 Å². The predicted octanol–water partition coefficient (Wildman–Crippen LogP) is 5.08. The van der Waals surface area contributed by atoms with Crippen molar-refractivity contribution in [2.45, 2.75) is 18.9 Å². The van der Waals surface area contributed by atoms with Crippen LogP contribution in [0.1, 0.15) is 24.4 Å². The van der Waals surface area contributed by atoms with Gasteiger partial charge in [0, 0.05) is 21.7 Å². The average Bonchev–Trinajstić information content (AvgIpc) is 2.93. The van der Waals surface area contributed by atoms with Crippen molar-refractivity contribution < 1.29 is 0 Å². The lowest BCUT2D eigenvalue weighted by molar-refractivity contribution is 0.648. The van der Waals surface area contributed by atoms with E-state index < -0.39 is 0 Å². The van der Waals surface area contributed by atoms with E-state index >= 15 is 0 Å². The molecule has 1 aliphatic heterocycles. The first-order valence-corrected chi connectivity index (χ1v) is 7.28. The van der Waals surface area contributed by atoms with Gasteiger partial charge in [-0.15, -0.1) is 0 Å². The molecule has 2 aromatic rings. The Morgan fingerprint density at radius 2 is 1.79 bits per heavy atom. The van der Waals surface area contributed by atoms with Crippen LogP contribution in [0.15, 0.2) is 42.5 Å². The number of hydrogen-bond donors (Lipinski definition) is 1. The zero-order valence-corrected chi connectivity index (χ0v) is 12.0. The summed E-state index contributed by atoms with van der Waals surface area (Å²) in [6, 6.07) is 14.8. The summed E-state index contributed by atoms with van der Waals surface area (Å²) in [6.45, 7) is 1.12. The summed E-state index contributed by atoms with van der Waals surface area (Å²) in [5.41, 5.74) is 3.51. The summed E-state index contributed by atoms with van der Waals surface area (Å²) in [4.78, 5) is 0. The Balaban J connectivity index is 1.89. The molecule has 1 N–H and O–H groups in total. The first kappa shape index (κ1) is 13.0. The molecule has 3 heteroatoms. The molecular weight excluding hydrogens is 277 g/mol. The number of rotatable bonds is 2. The fourth-order valence-electron chi connectivity index (χ4n) is 2.59. The topological polar surface area (TPSA) is 12.0 Å². The lowest BCUT2D eigenvalue weighted by atomic mass is 10.00. The zero-order chi connectivity index (χ0) is 13.2. The standard InChI is InChI=1S/C16H15Cl2N/c17-13-7-8-14(15(18)10-13)11-3-5-12(6-4-11)16-2-1-9-19-16/h3-8,10,16,19H,1-2,9H2. The molecule has 0 amide bonds. The van der Waals surface area contributed by atoms with Crippen molar-refractivity contribution in [2.75, 3.05) is 6.54 Å². The largest absolute Gasteiger partial charge is 0.310 e. The fourth-order valence-corrected chi connectivity index (χ4v) is 3.11. The van der Waals surface area contributed by atoms with Crippen molar-refractivity contribution >= 4 is 23.2 Å². The molecule has 0 spiro atoms. The molecule has 0 bridgehead atoms. The van der Waals surface area contributed by atoms with Crippen LogP contribution in [-0.2, 0) is 0 Å². The molecule has 2 aromatic carbocycles. The van der Waals surface area contributed by atoms with E-state index in [0.29, 0.717) is 16.1 Å². The Morgan fingerprint density at radius 1 is 1.00 bits per heavy atom. The average molecular weight is 292 g/mol. The SMILES string of the molecule is Clc1ccc(-c2ccc(C3CCCN3)cc2)c(Cl)c1. The fraction of sp³-hybridized carbons (Fsp3) is 0.250. The highest BCUT2D eigenvalue weighted by atomic mass is 35.5. The maximum atomic E-state index is 6.23. The second-order valence-corrected chi connectivity index (χ2v) is 5.74. The van der Waals surface area contributed by atoms with Crippen molar-refractivity contribution in [3.05, 3.63) is 58.1 Å². The molecule has 98 valence electrons. The third-order valence-electron chi connectivity index (χ3n) is 3.62. The second kappa shape index (κ2) is 5.54. The molecule has 0 saturated carbocycles. The quantitative estimate of drug-likeness (QED) is 0.813. The van der Waals surface area contributed by atoms with Crippen molar-refractivity contribution in [1.82, 2.24) is 5.32 Å². The van der Waals surface area contributed by atoms with Crippen LogP contribution in [0.2, 0.25) is 10.0 Å². The van der Waals surface area contributed by atoms with Gasteiger partial charge >= 0.3 is 0 Å². The first-order chi connectivity index (χ1) is 9.24. The lowest BCUT2D eigenvalue weighted by Crippen LogP contribution is -2.12. The van der Waals surface area contributed by atoms with Crippen molar-refractivity contribution in [2.24, 2.45) is 0 Å². The van der Waals surface area contributed by atoms with Crippen LogP contribution in [0.25, 0.3) is 11.1 Å². The Bertz CT molecular complexity index is 572. The minimum Gasteiger partial charge on any atom is -0.310 e. The molecule has 1 unspecified atom stereocenters. The highest BCUT2D eigenvalue weighted by Gasteiger charge is 2.15. The Morgan fingerprint density at radius 3 is 2.42 bits per heavy atom. The van der Waals surface area contributed by atoms with Crippen LogP contribution >= 0.6 is 23.2 Å². The van der Waals surface area contributed by atoms with Crippen LogP contribution in [0.3, 0.4) is 0 Å². The van der Waals surface area contributed by atoms with Gasteiger partial charge in [-0.3, -0.25) is 0 Å². The molecule has 19 heavy (non-hydrogen) atoms. The summed E-state index contributed by atoms with van der Waals surface area (Å²) >= 11 is 12.2. The third kappa shape index (κ3) is 2.79. The molecule has 0 aromatic heterocycles. The van der Waals surface area contributed by atoms with E-state index in [4.69, 9.17) is 23.2 Å². The second-order valence-electron chi connectivity index (χ2n) is 4.90. The molecule has 0 radical (unpaired) electrons. The van der Waals surface area contributed by atoms with Gasteiger partial charge < -0.3 is 5.32 Å². The number of benzene rings is 2. The van der Waals surface area contributed by atoms with Crippen LogP contribution in [0.5, 0.6) is 0 Å². The molecule has 1 fully saturated rings. The lowest BCUT2D eigenvalue weighted by Gasteiger charge is -2.12. The minimum absolute atomic E-state index is 0.509. The van der Waals surface area contributed by atoms with Gasteiger partial charge in [-0.2, -0.15) is 0 Å². The Hall–Kier alpha value is -1.02. The van der Waals surface area contributed by atoms with E-state index in [1.54, 1.807) is 6.07 Å². The van der Waals surface area contributed by atoms with Crippen LogP contribution in [0.4, 0.5) is 0 Å². The van der Waals surface area contributed by atoms with Gasteiger partial charge in [0.1, 0.15) is 0 Å². The molecule has 1 saturated heterocycles. The van der Waals surface area contributed by atoms with E-state index in [9.17, 15) is 0 Å². The molecule has 1 atom stereocenters. The normalized spacial score (nSPS) is 18.7. The zero-order valence-electron chi connectivity index (χ0n) is 10.5. The van der Waals surface area contributed by atoms with E-state index in [0.717, 1.165) is 17.7 Å². The van der Waals surface area contributed by atoms with Gasteiger partial charge in [-0.05, 0) is 42.6 Å². The maximum Gasteiger partial charge on any atom is 0.0499 e. The molecule has 1 aliphatic rings. The highest BCUT2D eigenvalue weighted by Crippen LogP contribution is 2.31. The van der Waals surface area contributed by atoms with Gasteiger partial charge in [-0.25, -0.2) is 0 Å². The van der Waals surface area contributed by atoms with Crippen molar-refractivity contribution in [3.8, 4) is 11.1 Å². The molecule has 3 rings (SSSR count). The van der Waals surface area contributed by atoms with Gasteiger partial charge in [-0.1, -0.05) is 53.5 Å². The van der Waals surface area contributed by atoms with Crippen LogP contribution in [-0.4, -0.2) is 6.54 Å².